The van der Waals surface area contributed by atoms with Gasteiger partial charge in [-0.2, -0.15) is 0 Å². The maximum atomic E-state index is 11.6. The number of ketones is 1. The average Bonchev–Trinajstić information content (AvgIpc) is 2.27. The second-order valence-electron chi connectivity index (χ2n) is 4.34. The highest BCUT2D eigenvalue weighted by Crippen LogP contribution is 2.09. The number of carbonyl (C=O) groups is 1. The fourth-order valence-electron chi connectivity index (χ4n) is 1.42. The SMILES string of the molecule is COC(OC)C(=O)C/C=C(\C)CCC=C(C)C. The number of Topliss-reactive ketones (excluding diaryl/α,β-unsaturated/α-hetero) is 1. The highest BCUT2D eigenvalue weighted by Gasteiger charge is 2.14. The van der Waals surface area contributed by atoms with E-state index in [1.165, 1.54) is 25.4 Å². The van der Waals surface area contributed by atoms with Crippen molar-refractivity contribution in [1.82, 2.24) is 0 Å². The lowest BCUT2D eigenvalue weighted by atomic mass is 10.1. The lowest BCUT2D eigenvalue weighted by Gasteiger charge is -2.10. The Morgan fingerprint density at radius 3 is 2.18 bits per heavy atom. The number of methoxy groups -OCH3 is 2. The minimum atomic E-state index is -0.739. The Morgan fingerprint density at radius 2 is 1.71 bits per heavy atom. The van der Waals surface area contributed by atoms with Crippen LogP contribution >= 0.6 is 0 Å². The van der Waals surface area contributed by atoms with Crippen molar-refractivity contribution in [2.45, 2.75) is 46.3 Å². The van der Waals surface area contributed by atoms with Crippen molar-refractivity contribution in [3.8, 4) is 0 Å². The van der Waals surface area contributed by atoms with Crippen molar-refractivity contribution in [3.05, 3.63) is 23.3 Å². The van der Waals surface area contributed by atoms with Gasteiger partial charge < -0.3 is 9.47 Å². The molecule has 0 N–H and O–H groups in total. The molecule has 0 aromatic heterocycles. The molecule has 0 spiro atoms. The maximum absolute atomic E-state index is 11.6. The van der Waals surface area contributed by atoms with Gasteiger partial charge in [0.25, 0.3) is 0 Å². The van der Waals surface area contributed by atoms with E-state index in [0.717, 1.165) is 12.8 Å². The fourth-order valence-corrected chi connectivity index (χ4v) is 1.42. The average molecular weight is 240 g/mol. The molecule has 0 heterocycles. The molecule has 0 unspecified atom stereocenters. The van der Waals surface area contributed by atoms with Crippen LogP contribution in [0.15, 0.2) is 23.3 Å². The molecule has 0 radical (unpaired) electrons. The normalized spacial score (nSPS) is 11.8. The molecule has 0 aliphatic heterocycles. The Kier molecular flexibility index (Phi) is 8.64. The topological polar surface area (TPSA) is 35.5 Å². The quantitative estimate of drug-likeness (QED) is 0.482. The van der Waals surface area contributed by atoms with E-state index in [4.69, 9.17) is 9.47 Å². The minimum absolute atomic E-state index is 0.0448. The van der Waals surface area contributed by atoms with Gasteiger partial charge in [0.15, 0.2) is 5.78 Å². The van der Waals surface area contributed by atoms with Gasteiger partial charge in [0.05, 0.1) is 0 Å². The predicted octanol–water partition coefficient (Wildman–Crippen LogP) is 3.26. The molecule has 98 valence electrons. The standard InChI is InChI=1S/C14H24O3/c1-11(2)7-6-8-12(3)9-10-13(15)14(16-4)17-5/h7,9,14H,6,8,10H2,1-5H3/b12-9+. The van der Waals surface area contributed by atoms with Crippen molar-refractivity contribution in [2.24, 2.45) is 0 Å². The molecule has 3 nitrogen and oxygen atoms in total. The molecule has 0 rings (SSSR count). The molecule has 0 bridgehead atoms. The van der Waals surface area contributed by atoms with E-state index < -0.39 is 6.29 Å². The zero-order valence-electron chi connectivity index (χ0n) is 11.6. The first kappa shape index (κ1) is 16.1. The summed E-state index contributed by atoms with van der Waals surface area (Å²) in [5.74, 6) is -0.0448. The van der Waals surface area contributed by atoms with Gasteiger partial charge in [-0.25, -0.2) is 0 Å². The fraction of sp³-hybridized carbons (Fsp3) is 0.643. The Hall–Kier alpha value is -0.930. The second-order valence-corrected chi connectivity index (χ2v) is 4.34. The van der Waals surface area contributed by atoms with Gasteiger partial charge in [-0.05, 0) is 33.6 Å². The van der Waals surface area contributed by atoms with Gasteiger partial charge in [-0.15, -0.1) is 0 Å². The van der Waals surface area contributed by atoms with E-state index in [2.05, 4.69) is 19.9 Å². The van der Waals surface area contributed by atoms with Gasteiger partial charge in [0, 0.05) is 20.6 Å². The molecular formula is C14H24O3. The smallest absolute Gasteiger partial charge is 0.217 e. The zero-order chi connectivity index (χ0) is 13.3. The van der Waals surface area contributed by atoms with Gasteiger partial charge >= 0.3 is 0 Å². The molecular weight excluding hydrogens is 216 g/mol. The van der Waals surface area contributed by atoms with Crippen molar-refractivity contribution in [3.63, 3.8) is 0 Å². The number of allylic oxidation sites excluding steroid dienone is 4. The summed E-state index contributed by atoms with van der Waals surface area (Å²) in [6.45, 7) is 6.22. The van der Waals surface area contributed by atoms with E-state index in [-0.39, 0.29) is 5.78 Å². The van der Waals surface area contributed by atoms with E-state index in [0.29, 0.717) is 6.42 Å². The molecule has 0 aliphatic rings. The minimum Gasteiger partial charge on any atom is -0.349 e. The molecule has 17 heavy (non-hydrogen) atoms. The summed E-state index contributed by atoms with van der Waals surface area (Å²) in [6, 6.07) is 0. The molecule has 0 aromatic rings. The van der Waals surface area contributed by atoms with Gasteiger partial charge in [-0.1, -0.05) is 23.3 Å². The van der Waals surface area contributed by atoms with E-state index in [9.17, 15) is 4.79 Å². The summed E-state index contributed by atoms with van der Waals surface area (Å²) in [5, 5.41) is 0. The Balaban J connectivity index is 4.05. The Labute approximate surface area is 104 Å². The van der Waals surface area contributed by atoms with Gasteiger partial charge in [-0.3, -0.25) is 4.79 Å². The first-order valence-corrected chi connectivity index (χ1v) is 5.88. The van der Waals surface area contributed by atoms with Gasteiger partial charge in [0.2, 0.25) is 6.29 Å². The number of carbonyl (C=O) groups excluding carboxylic acids is 1. The maximum Gasteiger partial charge on any atom is 0.217 e. The highest BCUT2D eigenvalue weighted by atomic mass is 16.7. The molecule has 0 aliphatic carbocycles. The monoisotopic (exact) mass is 240 g/mol. The number of hydrogen-bond acceptors (Lipinski definition) is 3. The summed E-state index contributed by atoms with van der Waals surface area (Å²) in [6.07, 6.45) is 5.79. The molecule has 0 amide bonds. The Morgan fingerprint density at radius 1 is 1.12 bits per heavy atom. The summed E-state index contributed by atoms with van der Waals surface area (Å²) in [4.78, 5) is 11.6. The van der Waals surface area contributed by atoms with E-state index in [1.54, 1.807) is 0 Å². The number of ether oxygens (including phenoxy) is 2. The molecule has 3 heteroatoms. The van der Waals surface area contributed by atoms with Crippen LogP contribution < -0.4 is 0 Å². The van der Waals surface area contributed by atoms with Crippen LogP contribution in [-0.2, 0) is 14.3 Å². The highest BCUT2D eigenvalue weighted by molar-refractivity contribution is 5.83. The molecule has 0 saturated heterocycles. The van der Waals surface area contributed by atoms with Crippen LogP contribution in [0.3, 0.4) is 0 Å². The van der Waals surface area contributed by atoms with Gasteiger partial charge in [0.1, 0.15) is 0 Å². The third-order valence-corrected chi connectivity index (χ3v) is 2.43. The summed E-state index contributed by atoms with van der Waals surface area (Å²) >= 11 is 0. The second kappa shape index (κ2) is 9.14. The summed E-state index contributed by atoms with van der Waals surface area (Å²) < 4.78 is 9.79. The third kappa shape index (κ3) is 7.88. The largest absolute Gasteiger partial charge is 0.349 e. The van der Waals surface area contributed by atoms with Crippen molar-refractivity contribution in [1.29, 1.82) is 0 Å². The van der Waals surface area contributed by atoms with Crippen molar-refractivity contribution in [2.75, 3.05) is 14.2 Å². The summed E-state index contributed by atoms with van der Waals surface area (Å²) in [5.41, 5.74) is 2.55. The van der Waals surface area contributed by atoms with E-state index in [1.807, 2.05) is 13.0 Å². The van der Waals surface area contributed by atoms with Crippen LogP contribution in [0, 0.1) is 0 Å². The van der Waals surface area contributed by atoms with Crippen molar-refractivity contribution < 1.29 is 14.3 Å². The van der Waals surface area contributed by atoms with E-state index >= 15 is 0 Å². The molecule has 0 fully saturated rings. The van der Waals surface area contributed by atoms with Crippen LogP contribution in [0.2, 0.25) is 0 Å². The first-order valence-electron chi connectivity index (χ1n) is 5.88. The van der Waals surface area contributed by atoms with Crippen LogP contribution in [0.5, 0.6) is 0 Å². The lowest BCUT2D eigenvalue weighted by molar-refractivity contribution is -0.155. The summed E-state index contributed by atoms with van der Waals surface area (Å²) in [7, 11) is 2.94. The third-order valence-electron chi connectivity index (χ3n) is 2.43. The van der Waals surface area contributed by atoms with Crippen LogP contribution in [0.1, 0.15) is 40.0 Å². The Bertz CT molecular complexity index is 282. The lowest BCUT2D eigenvalue weighted by Crippen LogP contribution is -2.24. The van der Waals surface area contributed by atoms with Crippen molar-refractivity contribution >= 4 is 5.78 Å². The van der Waals surface area contributed by atoms with Crippen LogP contribution in [0.4, 0.5) is 0 Å². The van der Waals surface area contributed by atoms with Crippen LogP contribution in [-0.4, -0.2) is 26.3 Å². The van der Waals surface area contributed by atoms with Crippen LogP contribution in [0.25, 0.3) is 0 Å². The number of rotatable bonds is 8. The number of hydrogen-bond donors (Lipinski definition) is 0. The zero-order valence-corrected chi connectivity index (χ0v) is 11.6. The molecule has 0 saturated carbocycles. The predicted molar refractivity (Wildman–Crippen MR) is 69.9 cm³/mol. The first-order chi connectivity index (χ1) is 8.01. The molecule has 0 aromatic carbocycles. The molecule has 0 atom stereocenters.